The molecule has 0 fully saturated rings. The number of thioether (sulfide) groups is 1. The average Bonchev–Trinajstić information content (AvgIpc) is 2.81. The number of nitrogens with two attached hydrogens (primary N) is 2. The van der Waals surface area contributed by atoms with Crippen LogP contribution in [0.3, 0.4) is 0 Å². The van der Waals surface area contributed by atoms with Crippen molar-refractivity contribution in [1.29, 1.82) is 0 Å². The van der Waals surface area contributed by atoms with E-state index in [1.807, 2.05) is 49.4 Å². The van der Waals surface area contributed by atoms with Crippen molar-refractivity contribution < 1.29 is 9.59 Å². The summed E-state index contributed by atoms with van der Waals surface area (Å²) in [6.45, 7) is 2.64. The summed E-state index contributed by atoms with van der Waals surface area (Å²) in [7, 11) is 0. The van der Waals surface area contributed by atoms with E-state index in [1.54, 1.807) is 17.0 Å². The highest BCUT2D eigenvalue weighted by Crippen LogP contribution is 2.31. The quantitative estimate of drug-likeness (QED) is 0.333. The van der Waals surface area contributed by atoms with E-state index in [9.17, 15) is 9.59 Å². The molecule has 33 heavy (non-hydrogen) atoms. The van der Waals surface area contributed by atoms with Gasteiger partial charge in [-0.15, -0.1) is 0 Å². The number of aryl methyl sites for hydroxylation is 1. The maximum Gasteiger partial charge on any atom is 0.233 e. The van der Waals surface area contributed by atoms with E-state index in [0.29, 0.717) is 29.0 Å². The third-order valence-electron chi connectivity index (χ3n) is 4.98. The number of primary amides is 1. The molecule has 9 heteroatoms. The standard InChI is InChI=1S/C24H26ClN5O2S/c1-2-19-22(17-8-10-18(25)11-9-17)23(27)29-24(28-19)33-15-21(32)30(13-12-20(26)31)14-16-6-4-3-5-7-16/h3-11H,2,12-15H2,1H3,(H2,26,31)(H2,27,28,29). The fourth-order valence-corrected chi connectivity index (χ4v) is 4.21. The van der Waals surface area contributed by atoms with Crippen LogP contribution in [0.5, 0.6) is 0 Å². The Morgan fingerprint density at radius 1 is 1.06 bits per heavy atom. The van der Waals surface area contributed by atoms with Crippen LogP contribution in [0.4, 0.5) is 5.82 Å². The van der Waals surface area contributed by atoms with E-state index in [1.165, 1.54) is 11.8 Å². The van der Waals surface area contributed by atoms with Crippen LogP contribution >= 0.6 is 23.4 Å². The molecule has 2 amide bonds. The molecule has 0 radical (unpaired) electrons. The summed E-state index contributed by atoms with van der Waals surface area (Å²) in [6.07, 6.45) is 0.757. The van der Waals surface area contributed by atoms with Crippen molar-refractivity contribution >= 4 is 41.0 Å². The van der Waals surface area contributed by atoms with Crippen LogP contribution in [0, 0.1) is 0 Å². The van der Waals surface area contributed by atoms with Crippen molar-refractivity contribution in [3.8, 4) is 11.1 Å². The van der Waals surface area contributed by atoms with Crippen molar-refractivity contribution in [2.45, 2.75) is 31.5 Å². The molecular formula is C24H26ClN5O2S. The molecule has 0 aliphatic carbocycles. The van der Waals surface area contributed by atoms with Crippen molar-refractivity contribution in [2.24, 2.45) is 5.73 Å². The van der Waals surface area contributed by atoms with Crippen molar-refractivity contribution in [3.63, 3.8) is 0 Å². The SMILES string of the molecule is CCc1nc(SCC(=O)N(CCC(N)=O)Cc2ccccc2)nc(N)c1-c1ccc(Cl)cc1. The van der Waals surface area contributed by atoms with E-state index >= 15 is 0 Å². The van der Waals surface area contributed by atoms with Gasteiger partial charge < -0.3 is 16.4 Å². The molecule has 4 N–H and O–H groups in total. The lowest BCUT2D eigenvalue weighted by Gasteiger charge is -2.22. The van der Waals surface area contributed by atoms with Gasteiger partial charge in [0.25, 0.3) is 0 Å². The molecule has 0 spiro atoms. The van der Waals surface area contributed by atoms with Crippen LogP contribution in [0.2, 0.25) is 5.02 Å². The first-order chi connectivity index (χ1) is 15.9. The Kier molecular flexibility index (Phi) is 8.68. The Morgan fingerprint density at radius 3 is 2.39 bits per heavy atom. The zero-order chi connectivity index (χ0) is 23.8. The fourth-order valence-electron chi connectivity index (χ4n) is 3.31. The zero-order valence-corrected chi connectivity index (χ0v) is 19.9. The van der Waals surface area contributed by atoms with Gasteiger partial charge >= 0.3 is 0 Å². The monoisotopic (exact) mass is 483 g/mol. The van der Waals surface area contributed by atoms with Crippen LogP contribution in [-0.4, -0.2) is 39.0 Å². The molecule has 7 nitrogen and oxygen atoms in total. The van der Waals surface area contributed by atoms with Gasteiger partial charge in [-0.1, -0.05) is 72.8 Å². The average molecular weight is 484 g/mol. The van der Waals surface area contributed by atoms with Gasteiger partial charge in [-0.2, -0.15) is 0 Å². The van der Waals surface area contributed by atoms with Crippen LogP contribution < -0.4 is 11.5 Å². The number of anilines is 1. The number of hydrogen-bond donors (Lipinski definition) is 2. The normalized spacial score (nSPS) is 10.7. The molecule has 0 aliphatic heterocycles. The first kappa shape index (κ1) is 24.5. The molecule has 3 rings (SSSR count). The Morgan fingerprint density at radius 2 is 1.76 bits per heavy atom. The highest BCUT2D eigenvalue weighted by molar-refractivity contribution is 7.99. The number of rotatable bonds is 10. The molecule has 2 aromatic carbocycles. The summed E-state index contributed by atoms with van der Waals surface area (Å²) in [5, 5.41) is 1.07. The van der Waals surface area contributed by atoms with Crippen molar-refractivity contribution in [1.82, 2.24) is 14.9 Å². The Balaban J connectivity index is 1.74. The lowest BCUT2D eigenvalue weighted by molar-refractivity contribution is -0.129. The second-order valence-electron chi connectivity index (χ2n) is 7.38. The molecule has 0 unspecified atom stereocenters. The molecule has 0 saturated carbocycles. The minimum atomic E-state index is -0.449. The number of halogens is 1. The topological polar surface area (TPSA) is 115 Å². The number of nitrogens with zero attached hydrogens (tertiary/aromatic N) is 3. The van der Waals surface area contributed by atoms with Gasteiger partial charge in [-0.25, -0.2) is 9.97 Å². The van der Waals surface area contributed by atoms with E-state index in [0.717, 1.165) is 22.4 Å². The minimum Gasteiger partial charge on any atom is -0.383 e. The summed E-state index contributed by atoms with van der Waals surface area (Å²) in [5.41, 5.74) is 15.0. The largest absolute Gasteiger partial charge is 0.383 e. The molecule has 3 aromatic rings. The molecule has 1 aromatic heterocycles. The third kappa shape index (κ3) is 6.94. The Hall–Kier alpha value is -3.10. The van der Waals surface area contributed by atoms with Crippen LogP contribution in [0.1, 0.15) is 24.6 Å². The van der Waals surface area contributed by atoms with Gasteiger partial charge in [-0.3, -0.25) is 9.59 Å². The first-order valence-corrected chi connectivity index (χ1v) is 11.9. The highest BCUT2D eigenvalue weighted by Gasteiger charge is 2.18. The summed E-state index contributed by atoms with van der Waals surface area (Å²) in [4.78, 5) is 34.9. The second-order valence-corrected chi connectivity index (χ2v) is 8.76. The summed E-state index contributed by atoms with van der Waals surface area (Å²) in [5.74, 6) is -0.106. The van der Waals surface area contributed by atoms with E-state index in [-0.39, 0.29) is 24.6 Å². The lowest BCUT2D eigenvalue weighted by Crippen LogP contribution is -2.34. The highest BCUT2D eigenvalue weighted by atomic mass is 35.5. The van der Waals surface area contributed by atoms with Gasteiger partial charge in [-0.05, 0) is 29.7 Å². The molecule has 0 bridgehead atoms. The fraction of sp³-hybridized carbons (Fsp3) is 0.250. The smallest absolute Gasteiger partial charge is 0.233 e. The van der Waals surface area contributed by atoms with Gasteiger partial charge in [0.2, 0.25) is 11.8 Å². The molecular weight excluding hydrogens is 458 g/mol. The molecule has 172 valence electrons. The van der Waals surface area contributed by atoms with Crippen LogP contribution in [0.25, 0.3) is 11.1 Å². The number of aromatic nitrogens is 2. The lowest BCUT2D eigenvalue weighted by atomic mass is 10.0. The maximum absolute atomic E-state index is 12.9. The van der Waals surface area contributed by atoms with Gasteiger partial charge in [0.1, 0.15) is 5.82 Å². The van der Waals surface area contributed by atoms with Crippen LogP contribution in [0.15, 0.2) is 59.8 Å². The number of carbonyl (C=O) groups is 2. The summed E-state index contributed by atoms with van der Waals surface area (Å²) >= 11 is 7.22. The third-order valence-corrected chi connectivity index (χ3v) is 6.07. The number of carbonyl (C=O) groups excluding carboxylic acids is 2. The van der Waals surface area contributed by atoms with E-state index < -0.39 is 5.91 Å². The predicted octanol–water partition coefficient (Wildman–Crippen LogP) is 3.94. The zero-order valence-electron chi connectivity index (χ0n) is 18.3. The van der Waals surface area contributed by atoms with Crippen molar-refractivity contribution in [2.75, 3.05) is 18.0 Å². The molecule has 0 saturated heterocycles. The summed E-state index contributed by atoms with van der Waals surface area (Å²) < 4.78 is 0. The van der Waals surface area contributed by atoms with Gasteiger partial charge in [0.05, 0.1) is 11.4 Å². The number of nitrogen functional groups attached to an aromatic ring is 1. The Bertz CT molecular complexity index is 1110. The number of benzene rings is 2. The van der Waals surface area contributed by atoms with E-state index in [2.05, 4.69) is 9.97 Å². The second kappa shape index (κ2) is 11.7. The number of hydrogen-bond acceptors (Lipinski definition) is 6. The van der Waals surface area contributed by atoms with Crippen LogP contribution in [-0.2, 0) is 22.6 Å². The van der Waals surface area contributed by atoms with Gasteiger partial charge in [0.15, 0.2) is 5.16 Å². The summed E-state index contributed by atoms with van der Waals surface area (Å²) in [6, 6.07) is 17.0. The Labute approximate surface area is 202 Å². The maximum atomic E-state index is 12.9. The number of amides is 2. The van der Waals surface area contributed by atoms with Gasteiger partial charge in [0, 0.05) is 30.1 Å². The van der Waals surface area contributed by atoms with E-state index in [4.69, 9.17) is 23.1 Å². The first-order valence-electron chi connectivity index (χ1n) is 10.5. The minimum absolute atomic E-state index is 0.0997. The predicted molar refractivity (Wildman–Crippen MR) is 133 cm³/mol. The molecule has 0 aliphatic rings. The van der Waals surface area contributed by atoms with Crippen molar-refractivity contribution in [3.05, 3.63) is 70.9 Å². The molecule has 1 heterocycles. The molecule has 0 atom stereocenters.